The molecule has 1 rings (SSSR count). The molecule has 0 amide bonds. The molecule has 0 atom stereocenters. The van der Waals surface area contributed by atoms with Gasteiger partial charge in [-0.05, 0) is 43.4 Å². The zero-order valence-corrected chi connectivity index (χ0v) is 10.5. The molecule has 0 aliphatic rings. The van der Waals surface area contributed by atoms with Crippen LogP contribution in [-0.4, -0.2) is 6.10 Å². The van der Waals surface area contributed by atoms with E-state index in [0.29, 0.717) is 5.41 Å². The van der Waals surface area contributed by atoms with Crippen LogP contribution in [0.3, 0.4) is 0 Å². The summed E-state index contributed by atoms with van der Waals surface area (Å²) in [6.07, 6.45) is 1.33. The number of benzene rings is 1. The van der Waals surface area contributed by atoms with Crippen molar-refractivity contribution in [1.29, 1.82) is 0 Å². The molecule has 0 aliphatic heterocycles. The van der Waals surface area contributed by atoms with Crippen LogP contribution in [0.1, 0.15) is 40.2 Å². The lowest BCUT2D eigenvalue weighted by molar-refractivity contribution is 0.242. The highest BCUT2D eigenvalue weighted by Gasteiger charge is 2.11. The van der Waals surface area contributed by atoms with E-state index in [4.69, 9.17) is 4.74 Å². The van der Waals surface area contributed by atoms with Crippen LogP contribution in [0.25, 0.3) is 0 Å². The van der Waals surface area contributed by atoms with E-state index >= 15 is 0 Å². The average molecular weight is 206 g/mol. The molecule has 1 aromatic rings. The summed E-state index contributed by atoms with van der Waals surface area (Å²) in [5, 5.41) is 0. The van der Waals surface area contributed by atoms with Gasteiger partial charge in [-0.15, -0.1) is 0 Å². The summed E-state index contributed by atoms with van der Waals surface area (Å²) in [5.74, 6) is 0.978. The normalized spacial score (nSPS) is 11.9. The molecule has 0 spiro atoms. The second-order valence-corrected chi connectivity index (χ2v) is 5.55. The van der Waals surface area contributed by atoms with E-state index in [-0.39, 0.29) is 6.10 Å². The van der Waals surface area contributed by atoms with E-state index in [1.54, 1.807) is 0 Å². The van der Waals surface area contributed by atoms with E-state index in [2.05, 4.69) is 52.8 Å². The molecule has 15 heavy (non-hydrogen) atoms. The first-order valence-corrected chi connectivity index (χ1v) is 5.62. The van der Waals surface area contributed by atoms with Gasteiger partial charge in [-0.25, -0.2) is 0 Å². The van der Waals surface area contributed by atoms with Gasteiger partial charge in [-0.3, -0.25) is 0 Å². The van der Waals surface area contributed by atoms with Crippen molar-refractivity contribution in [2.24, 2.45) is 5.41 Å². The van der Waals surface area contributed by atoms with Gasteiger partial charge < -0.3 is 4.74 Å². The fourth-order valence-electron chi connectivity index (χ4n) is 1.61. The molecule has 0 saturated heterocycles. The highest BCUT2D eigenvalue weighted by molar-refractivity contribution is 5.29. The Balaban J connectivity index is 2.74. The first kappa shape index (κ1) is 12.1. The lowest BCUT2D eigenvalue weighted by Gasteiger charge is -2.19. The molecule has 0 radical (unpaired) electrons. The SMILES string of the molecule is CC(C)Oc1cccc(CC(C)(C)C)c1. The summed E-state index contributed by atoms with van der Waals surface area (Å²) < 4.78 is 5.67. The summed E-state index contributed by atoms with van der Waals surface area (Å²) in [6.45, 7) is 10.9. The maximum absolute atomic E-state index is 5.67. The Morgan fingerprint density at radius 1 is 1.20 bits per heavy atom. The second-order valence-electron chi connectivity index (χ2n) is 5.55. The molecular formula is C14H22O. The van der Waals surface area contributed by atoms with E-state index < -0.39 is 0 Å². The summed E-state index contributed by atoms with van der Waals surface area (Å²) in [5.41, 5.74) is 1.68. The van der Waals surface area contributed by atoms with E-state index in [1.165, 1.54) is 5.56 Å². The van der Waals surface area contributed by atoms with Crippen LogP contribution in [0.5, 0.6) is 5.75 Å². The third kappa shape index (κ3) is 4.87. The smallest absolute Gasteiger partial charge is 0.119 e. The van der Waals surface area contributed by atoms with Crippen LogP contribution < -0.4 is 4.74 Å². The fraction of sp³-hybridized carbons (Fsp3) is 0.571. The third-order valence-electron chi connectivity index (χ3n) is 2.00. The minimum absolute atomic E-state index is 0.245. The Kier molecular flexibility index (Phi) is 3.78. The first-order chi connectivity index (χ1) is 6.87. The van der Waals surface area contributed by atoms with Crippen molar-refractivity contribution < 1.29 is 4.74 Å². The zero-order chi connectivity index (χ0) is 11.5. The van der Waals surface area contributed by atoms with Gasteiger partial charge in [-0.2, -0.15) is 0 Å². The summed E-state index contributed by atoms with van der Waals surface area (Å²) in [7, 11) is 0. The van der Waals surface area contributed by atoms with E-state index in [0.717, 1.165) is 12.2 Å². The van der Waals surface area contributed by atoms with Crippen LogP contribution in [0.4, 0.5) is 0 Å². The maximum atomic E-state index is 5.67. The van der Waals surface area contributed by atoms with Gasteiger partial charge >= 0.3 is 0 Å². The maximum Gasteiger partial charge on any atom is 0.119 e. The molecule has 0 aromatic heterocycles. The van der Waals surface area contributed by atoms with Gasteiger partial charge in [0, 0.05) is 0 Å². The average Bonchev–Trinajstić information content (AvgIpc) is 1.99. The number of hydrogen-bond acceptors (Lipinski definition) is 1. The van der Waals surface area contributed by atoms with Crippen LogP contribution in [0.2, 0.25) is 0 Å². The Bertz CT molecular complexity index is 307. The van der Waals surface area contributed by atoms with Crippen LogP contribution in [-0.2, 0) is 6.42 Å². The van der Waals surface area contributed by atoms with Crippen LogP contribution >= 0.6 is 0 Å². The lowest BCUT2D eigenvalue weighted by atomic mass is 9.88. The van der Waals surface area contributed by atoms with Gasteiger partial charge in [-0.1, -0.05) is 32.9 Å². The Morgan fingerprint density at radius 2 is 1.87 bits per heavy atom. The topological polar surface area (TPSA) is 9.23 Å². The standard InChI is InChI=1S/C14H22O/c1-11(2)15-13-8-6-7-12(9-13)10-14(3,4)5/h6-9,11H,10H2,1-5H3. The predicted molar refractivity (Wildman–Crippen MR) is 65.4 cm³/mol. The Hall–Kier alpha value is -0.980. The van der Waals surface area contributed by atoms with Gasteiger partial charge in [0.1, 0.15) is 5.75 Å². The van der Waals surface area contributed by atoms with Crippen molar-refractivity contribution in [3.05, 3.63) is 29.8 Å². The molecule has 1 heteroatoms. The third-order valence-corrected chi connectivity index (χ3v) is 2.00. The van der Waals surface area contributed by atoms with Crippen molar-refractivity contribution in [3.8, 4) is 5.75 Å². The second kappa shape index (κ2) is 4.69. The zero-order valence-electron chi connectivity index (χ0n) is 10.5. The van der Waals surface area contributed by atoms with Crippen molar-refractivity contribution in [2.45, 2.75) is 47.1 Å². The predicted octanol–water partition coefficient (Wildman–Crippen LogP) is 4.06. The molecule has 0 fully saturated rings. The molecule has 84 valence electrons. The number of hydrogen-bond donors (Lipinski definition) is 0. The van der Waals surface area contributed by atoms with E-state index in [1.807, 2.05) is 6.07 Å². The van der Waals surface area contributed by atoms with Gasteiger partial charge in [0.2, 0.25) is 0 Å². The van der Waals surface area contributed by atoms with Crippen LogP contribution in [0.15, 0.2) is 24.3 Å². The molecule has 0 saturated carbocycles. The van der Waals surface area contributed by atoms with Crippen LogP contribution in [0, 0.1) is 5.41 Å². The minimum atomic E-state index is 0.245. The van der Waals surface area contributed by atoms with Gasteiger partial charge in [0.15, 0.2) is 0 Å². The number of ether oxygens (including phenoxy) is 1. The molecule has 0 unspecified atom stereocenters. The number of rotatable bonds is 3. The van der Waals surface area contributed by atoms with Gasteiger partial charge in [0.05, 0.1) is 6.10 Å². The molecule has 0 heterocycles. The first-order valence-electron chi connectivity index (χ1n) is 5.62. The molecule has 0 N–H and O–H groups in total. The molecule has 0 bridgehead atoms. The largest absolute Gasteiger partial charge is 0.491 e. The molecule has 1 aromatic carbocycles. The van der Waals surface area contributed by atoms with Crippen molar-refractivity contribution >= 4 is 0 Å². The quantitative estimate of drug-likeness (QED) is 0.724. The van der Waals surface area contributed by atoms with Crippen molar-refractivity contribution in [1.82, 2.24) is 0 Å². The molecular weight excluding hydrogens is 184 g/mol. The summed E-state index contributed by atoms with van der Waals surface area (Å²) in [4.78, 5) is 0. The van der Waals surface area contributed by atoms with Crippen molar-refractivity contribution in [2.75, 3.05) is 0 Å². The Morgan fingerprint density at radius 3 is 2.40 bits per heavy atom. The summed E-state index contributed by atoms with van der Waals surface area (Å²) >= 11 is 0. The van der Waals surface area contributed by atoms with Gasteiger partial charge in [0.25, 0.3) is 0 Å². The highest BCUT2D eigenvalue weighted by Crippen LogP contribution is 2.23. The monoisotopic (exact) mass is 206 g/mol. The minimum Gasteiger partial charge on any atom is -0.491 e. The fourth-order valence-corrected chi connectivity index (χ4v) is 1.61. The summed E-state index contributed by atoms with van der Waals surface area (Å²) in [6, 6.07) is 8.40. The van der Waals surface area contributed by atoms with Crippen molar-refractivity contribution in [3.63, 3.8) is 0 Å². The highest BCUT2D eigenvalue weighted by atomic mass is 16.5. The Labute approximate surface area is 93.5 Å². The molecule has 1 nitrogen and oxygen atoms in total. The van der Waals surface area contributed by atoms with E-state index in [9.17, 15) is 0 Å². The molecule has 0 aliphatic carbocycles. The lowest BCUT2D eigenvalue weighted by Crippen LogP contribution is -2.10.